The highest BCUT2D eigenvalue weighted by Gasteiger charge is 2.30. The summed E-state index contributed by atoms with van der Waals surface area (Å²) in [5.74, 6) is -3.62. The maximum absolute atomic E-state index is 14.9. The van der Waals surface area contributed by atoms with Gasteiger partial charge in [-0.3, -0.25) is 14.0 Å². The predicted octanol–water partition coefficient (Wildman–Crippen LogP) is 3.64. The molecule has 0 spiro atoms. The molecule has 0 aliphatic carbocycles. The lowest BCUT2D eigenvalue weighted by Gasteiger charge is -2.37. The van der Waals surface area contributed by atoms with Gasteiger partial charge in [0.1, 0.15) is 5.60 Å². The molecule has 2 N–H and O–H groups in total. The van der Waals surface area contributed by atoms with E-state index in [1.54, 1.807) is 17.0 Å². The lowest BCUT2D eigenvalue weighted by atomic mass is 10.0. The van der Waals surface area contributed by atoms with E-state index in [0.29, 0.717) is 72.9 Å². The molecule has 3 heterocycles. The second-order valence-corrected chi connectivity index (χ2v) is 15.6. The zero-order chi connectivity index (χ0) is 41.5. The Labute approximate surface area is 346 Å². The molecule has 1 aliphatic rings. The molecule has 316 valence electrons. The average molecular weight is 880 g/mol. The zero-order valence-corrected chi connectivity index (χ0v) is 35.2. The number of fused-ring (bicyclic) bond motifs is 1. The topological polar surface area (TPSA) is 130 Å². The number of amides is 3. The molecule has 1 aliphatic heterocycles. The number of anilines is 2. The molecule has 4 aromatic rings. The van der Waals surface area contributed by atoms with Crippen molar-refractivity contribution in [1.82, 2.24) is 29.5 Å². The predicted molar refractivity (Wildman–Crippen MR) is 206 cm³/mol. The number of likely N-dealkylation sites (N-methyl/N-ethyl adjacent to an activating group) is 1. The SMILES string of the molecule is CCc1cc(Nc2nccn3c(-c4ccc(OC(F)F)c(F)c4F)cnc23)ccc1C(=O)NCCCCC[N+](C)(C)CC(=O)N1CCN(C(=O)OC(C)(C)C)CC1.[Br-]. The van der Waals surface area contributed by atoms with E-state index in [1.165, 1.54) is 23.0 Å². The van der Waals surface area contributed by atoms with Gasteiger partial charge in [-0.1, -0.05) is 6.92 Å². The number of nitrogens with one attached hydrogen (secondary N) is 2. The number of rotatable bonds is 15. The van der Waals surface area contributed by atoms with Crippen LogP contribution in [-0.4, -0.2) is 119 Å². The first-order valence-corrected chi connectivity index (χ1v) is 19.0. The summed E-state index contributed by atoms with van der Waals surface area (Å²) >= 11 is 0. The Morgan fingerprint density at radius 3 is 2.33 bits per heavy atom. The lowest BCUT2D eigenvalue weighted by molar-refractivity contribution is -0.883. The second-order valence-electron chi connectivity index (χ2n) is 15.6. The van der Waals surface area contributed by atoms with E-state index < -0.39 is 29.6 Å². The van der Waals surface area contributed by atoms with Gasteiger partial charge in [-0.25, -0.2) is 19.2 Å². The number of aromatic nitrogens is 3. The maximum Gasteiger partial charge on any atom is 0.410 e. The fourth-order valence-electron chi connectivity index (χ4n) is 6.59. The van der Waals surface area contributed by atoms with Crippen LogP contribution in [0.4, 0.5) is 33.9 Å². The second kappa shape index (κ2) is 19.7. The Balaban J connectivity index is 0.00000744. The van der Waals surface area contributed by atoms with Crippen molar-refractivity contribution in [3.05, 3.63) is 71.7 Å². The van der Waals surface area contributed by atoms with Gasteiger partial charge < -0.3 is 51.4 Å². The first-order chi connectivity index (χ1) is 27.0. The Morgan fingerprint density at radius 1 is 0.948 bits per heavy atom. The summed E-state index contributed by atoms with van der Waals surface area (Å²) < 4.78 is 66.2. The fraction of sp³-hybridized carbons (Fsp3) is 0.475. The number of piperazine rings is 1. The third-order valence-electron chi connectivity index (χ3n) is 9.53. The number of imidazole rings is 1. The molecule has 0 atom stereocenters. The number of aryl methyl sites for hydroxylation is 1. The Kier molecular flexibility index (Phi) is 15.5. The molecule has 1 fully saturated rings. The first kappa shape index (κ1) is 45.7. The fourth-order valence-corrected chi connectivity index (χ4v) is 6.59. The van der Waals surface area contributed by atoms with Gasteiger partial charge >= 0.3 is 12.7 Å². The molecular formula is C40H51BrF4N8O5. The van der Waals surface area contributed by atoms with Gasteiger partial charge in [0.15, 0.2) is 29.6 Å². The van der Waals surface area contributed by atoms with Gasteiger partial charge in [0, 0.05) is 61.9 Å². The Hall–Kier alpha value is -4.97. The van der Waals surface area contributed by atoms with Crippen molar-refractivity contribution in [2.75, 3.05) is 65.2 Å². The molecule has 2 aromatic carbocycles. The summed E-state index contributed by atoms with van der Waals surface area (Å²) in [5.41, 5.74) is 1.65. The molecule has 2 aromatic heterocycles. The smallest absolute Gasteiger partial charge is 0.410 e. The van der Waals surface area contributed by atoms with Crippen molar-refractivity contribution >= 4 is 35.1 Å². The van der Waals surface area contributed by atoms with E-state index in [1.807, 2.05) is 52.8 Å². The number of unbranched alkanes of at least 4 members (excludes halogenated alkanes) is 2. The van der Waals surface area contributed by atoms with Crippen LogP contribution in [0.2, 0.25) is 0 Å². The molecule has 5 rings (SSSR count). The molecule has 0 radical (unpaired) electrons. The summed E-state index contributed by atoms with van der Waals surface area (Å²) in [6.07, 6.45) is 7.04. The van der Waals surface area contributed by atoms with Crippen LogP contribution in [0.5, 0.6) is 5.75 Å². The first-order valence-electron chi connectivity index (χ1n) is 19.0. The minimum Gasteiger partial charge on any atom is -1.00 e. The number of carbonyl (C=O) groups is 3. The van der Waals surface area contributed by atoms with Crippen LogP contribution in [0.25, 0.3) is 16.9 Å². The van der Waals surface area contributed by atoms with Crippen LogP contribution < -0.4 is 32.4 Å². The average Bonchev–Trinajstić information content (AvgIpc) is 3.58. The van der Waals surface area contributed by atoms with E-state index in [0.717, 1.165) is 43.5 Å². The minimum atomic E-state index is -3.31. The number of carbonyl (C=O) groups excluding carboxylic acids is 3. The van der Waals surface area contributed by atoms with Crippen LogP contribution >= 0.6 is 0 Å². The normalized spacial score (nSPS) is 13.4. The molecule has 0 unspecified atom stereocenters. The third kappa shape index (κ3) is 11.8. The van der Waals surface area contributed by atoms with Gasteiger partial charge in [-0.2, -0.15) is 13.2 Å². The number of hydrogen-bond donors (Lipinski definition) is 2. The van der Waals surface area contributed by atoms with E-state index in [-0.39, 0.29) is 46.1 Å². The summed E-state index contributed by atoms with van der Waals surface area (Å²) in [5, 5.41) is 6.20. The highest BCUT2D eigenvalue weighted by atomic mass is 79.9. The van der Waals surface area contributed by atoms with Gasteiger partial charge in [0.05, 0.1) is 32.5 Å². The number of hydrogen-bond acceptors (Lipinski definition) is 8. The van der Waals surface area contributed by atoms with Crippen LogP contribution in [0, 0.1) is 11.6 Å². The van der Waals surface area contributed by atoms with Crippen LogP contribution in [0.3, 0.4) is 0 Å². The molecular weight excluding hydrogens is 828 g/mol. The molecule has 0 saturated carbocycles. The van der Waals surface area contributed by atoms with Gasteiger partial charge in [-0.05, 0) is 82.3 Å². The Morgan fingerprint density at radius 2 is 1.66 bits per heavy atom. The minimum absolute atomic E-state index is 0. The van der Waals surface area contributed by atoms with E-state index in [4.69, 9.17) is 4.74 Å². The Bertz CT molecular complexity index is 2070. The lowest BCUT2D eigenvalue weighted by Crippen LogP contribution is -3.00. The van der Waals surface area contributed by atoms with Gasteiger partial charge in [0.2, 0.25) is 5.82 Å². The van der Waals surface area contributed by atoms with Gasteiger partial charge in [-0.15, -0.1) is 0 Å². The van der Waals surface area contributed by atoms with Crippen molar-refractivity contribution in [3.63, 3.8) is 0 Å². The van der Waals surface area contributed by atoms with Crippen LogP contribution in [0.15, 0.2) is 48.9 Å². The summed E-state index contributed by atoms with van der Waals surface area (Å²) in [7, 11) is 4.07. The molecule has 1 saturated heterocycles. The largest absolute Gasteiger partial charge is 1.00 e. The maximum atomic E-state index is 14.9. The summed E-state index contributed by atoms with van der Waals surface area (Å²) in [4.78, 5) is 50.8. The van der Waals surface area contributed by atoms with Crippen molar-refractivity contribution < 1.29 is 62.9 Å². The molecule has 13 nitrogen and oxygen atoms in total. The molecule has 18 heteroatoms. The number of ether oxygens (including phenoxy) is 2. The molecule has 3 amide bonds. The summed E-state index contributed by atoms with van der Waals surface area (Å²) in [6.45, 7) is 7.64. The highest BCUT2D eigenvalue weighted by Crippen LogP contribution is 2.32. The number of quaternary nitrogens is 1. The van der Waals surface area contributed by atoms with Crippen LogP contribution in [0.1, 0.15) is 62.9 Å². The van der Waals surface area contributed by atoms with E-state index in [9.17, 15) is 31.9 Å². The van der Waals surface area contributed by atoms with E-state index >= 15 is 0 Å². The number of halogens is 5. The molecule has 58 heavy (non-hydrogen) atoms. The summed E-state index contributed by atoms with van der Waals surface area (Å²) in [6, 6.07) is 7.37. The zero-order valence-electron chi connectivity index (χ0n) is 33.6. The van der Waals surface area contributed by atoms with Crippen molar-refractivity contribution in [3.8, 4) is 17.0 Å². The van der Waals surface area contributed by atoms with Crippen molar-refractivity contribution in [1.29, 1.82) is 0 Å². The standard InChI is InChI=1S/C40H50F4N8O5.BrH/c1-7-26-23-27(48-35-36-47-24-30(51(36)17-16-45-35)29-13-14-31(56-38(43)44)34(42)33(29)41)11-12-28(26)37(54)46-15-9-8-10-22-52(5,6)25-32(53)49-18-20-50(21-19-49)39(55)57-40(2,3)4;/h11-14,16-17,23-24,38H,7-10,15,18-22,25H2,1-6H3,(H-,45,46,48,54);1H. The van der Waals surface area contributed by atoms with Crippen molar-refractivity contribution in [2.45, 2.75) is 65.6 Å². The van der Waals surface area contributed by atoms with Crippen LogP contribution in [-0.2, 0) is 16.0 Å². The quantitative estimate of drug-likeness (QED) is 0.105. The third-order valence-corrected chi connectivity index (χ3v) is 9.53. The highest BCUT2D eigenvalue weighted by molar-refractivity contribution is 5.96. The van der Waals surface area contributed by atoms with Gasteiger partial charge in [0.25, 0.3) is 11.8 Å². The number of benzene rings is 2. The van der Waals surface area contributed by atoms with Crippen molar-refractivity contribution in [2.24, 2.45) is 0 Å². The monoisotopic (exact) mass is 878 g/mol. The molecule has 0 bridgehead atoms. The number of alkyl halides is 2. The van der Waals surface area contributed by atoms with E-state index in [2.05, 4.69) is 25.3 Å². The number of nitrogens with zero attached hydrogens (tertiary/aromatic N) is 6.